The third kappa shape index (κ3) is 2.46. The molecule has 4 nitrogen and oxygen atoms in total. The fraction of sp³-hybridized carbons (Fsp3) is 0.364. The molecule has 1 aromatic carbocycles. The van der Waals surface area contributed by atoms with Crippen LogP contribution in [0.5, 0.6) is 0 Å². The third-order valence-corrected chi connectivity index (χ3v) is 2.94. The zero-order valence-corrected chi connectivity index (χ0v) is 9.74. The van der Waals surface area contributed by atoms with Crippen LogP contribution in [0.15, 0.2) is 30.3 Å². The molecule has 1 heterocycles. The van der Waals surface area contributed by atoms with E-state index in [4.69, 9.17) is 17.2 Å². The smallest absolute Gasteiger partial charge is 0.213 e. The van der Waals surface area contributed by atoms with Crippen LogP contribution in [0.1, 0.15) is 0 Å². The quantitative estimate of drug-likeness (QED) is 0.443. The summed E-state index contributed by atoms with van der Waals surface area (Å²) in [7, 11) is 0. The average Bonchev–Trinajstić information content (AvgIpc) is 2.39. The van der Waals surface area contributed by atoms with Gasteiger partial charge in [0.25, 0.3) is 0 Å². The molecule has 0 bridgehead atoms. The molecular weight excluding hydrogens is 224 g/mol. The second-order valence-corrected chi connectivity index (χ2v) is 4.02. The minimum Gasteiger partial charge on any atom is -0.339 e. The monoisotopic (exact) mass is 238 g/mol. The number of para-hydroxylation sites is 1. The van der Waals surface area contributed by atoms with E-state index in [2.05, 4.69) is 5.32 Å². The van der Waals surface area contributed by atoms with E-state index < -0.39 is 0 Å². The summed E-state index contributed by atoms with van der Waals surface area (Å²) in [5, 5.41) is 11.3. The van der Waals surface area contributed by atoms with Crippen LogP contribution in [0.2, 0.25) is 0 Å². The first-order valence-corrected chi connectivity index (χ1v) is 5.68. The summed E-state index contributed by atoms with van der Waals surface area (Å²) >= 11 is 6.14. The van der Waals surface area contributed by atoms with Crippen molar-refractivity contribution in [1.82, 2.24) is 10.2 Å². The molecule has 86 valence electrons. The van der Waals surface area contributed by atoms with Crippen molar-refractivity contribution in [2.45, 2.75) is 0 Å². The molecule has 1 aromatic rings. The minimum atomic E-state index is 0.342. The Morgan fingerprint density at radius 1 is 1.25 bits per heavy atom. The number of hydrogen-bond donors (Lipinski definition) is 2. The average molecular weight is 239 g/mol. The number of nitrogens with zero attached hydrogens (tertiary/aromatic N) is 2. The molecule has 0 amide bonds. The Balaban J connectivity index is 2.04. The number of hydrogen-bond acceptors (Lipinski definition) is 2. The molecule has 1 aliphatic rings. The maximum absolute atomic E-state index is 8.02. The summed E-state index contributed by atoms with van der Waals surface area (Å²) in [5.41, 5.74) is 0.827. The molecule has 0 unspecified atom stereocenters. The topological polar surface area (TPSA) is 42.4 Å². The zero-order valence-electron chi connectivity index (χ0n) is 8.99. The number of piperazine rings is 1. The molecule has 2 rings (SSSR count). The lowest BCUT2D eigenvalue weighted by molar-refractivity contribution is 0.353. The Morgan fingerprint density at radius 3 is 2.50 bits per heavy atom. The molecule has 0 aliphatic carbocycles. The number of anilines is 1. The summed E-state index contributed by atoms with van der Waals surface area (Å²) in [6.07, 6.45) is 0. The largest absolute Gasteiger partial charge is 0.339 e. The van der Waals surface area contributed by atoms with Gasteiger partial charge in [0.1, 0.15) is 0 Å². The van der Waals surface area contributed by atoms with Gasteiger partial charge in [0.15, 0.2) is 0 Å². The van der Waals surface area contributed by atoms with Crippen LogP contribution < -0.4 is 9.74 Å². The molecule has 0 radical (unpaired) electrons. The number of rotatable bonds is 1. The van der Waals surface area contributed by atoms with E-state index >= 15 is 0 Å². The van der Waals surface area contributed by atoms with Crippen LogP contribution in [-0.4, -0.2) is 37.0 Å². The summed E-state index contributed by atoms with van der Waals surface area (Å²) in [5.74, 6) is 0.342. The normalized spacial score (nSPS) is 15.9. The third-order valence-electron chi connectivity index (χ3n) is 2.59. The molecule has 0 saturated carbocycles. The number of guanidine groups is 1. The highest BCUT2D eigenvalue weighted by atomic mass is 35.5. The van der Waals surface area contributed by atoms with Gasteiger partial charge in [-0.2, -0.15) is 0 Å². The van der Waals surface area contributed by atoms with E-state index in [1.54, 1.807) is 0 Å². The Kier molecular flexibility index (Phi) is 3.64. The second-order valence-electron chi connectivity index (χ2n) is 3.68. The van der Waals surface area contributed by atoms with E-state index in [0.717, 1.165) is 31.9 Å². The van der Waals surface area contributed by atoms with Crippen LogP contribution in [-0.2, 0) is 0 Å². The molecule has 0 aromatic heterocycles. The molecule has 0 atom stereocenters. The first-order valence-electron chi connectivity index (χ1n) is 5.34. The Hall–Kier alpha value is -1.26. The number of benzene rings is 1. The van der Waals surface area contributed by atoms with Gasteiger partial charge in [0.05, 0.1) is 5.69 Å². The van der Waals surface area contributed by atoms with Crippen LogP contribution in [0, 0.1) is 5.41 Å². The fourth-order valence-corrected chi connectivity index (χ4v) is 1.90. The maximum atomic E-state index is 8.02. The predicted octanol–water partition coefficient (Wildman–Crippen LogP) is 1.49. The lowest BCUT2D eigenvalue weighted by atomic mass is 10.3. The molecule has 5 heteroatoms. The van der Waals surface area contributed by atoms with Gasteiger partial charge in [0, 0.05) is 38.0 Å². The van der Waals surface area contributed by atoms with Crippen LogP contribution in [0.25, 0.3) is 0 Å². The lowest BCUT2D eigenvalue weighted by Crippen LogP contribution is -2.50. The molecule has 0 spiro atoms. The SMILES string of the molecule is N=C(N1CCNCC1)N(Cl)c1ccccc1. The Labute approximate surface area is 100 Å². The second kappa shape index (κ2) is 5.18. The first-order chi connectivity index (χ1) is 7.79. The summed E-state index contributed by atoms with van der Waals surface area (Å²) in [6.45, 7) is 3.47. The van der Waals surface area contributed by atoms with Gasteiger partial charge >= 0.3 is 0 Å². The van der Waals surface area contributed by atoms with Crippen molar-refractivity contribution < 1.29 is 0 Å². The maximum Gasteiger partial charge on any atom is 0.213 e. The van der Waals surface area contributed by atoms with E-state index in [-0.39, 0.29) is 0 Å². The van der Waals surface area contributed by atoms with E-state index in [1.807, 2.05) is 35.2 Å². The zero-order chi connectivity index (χ0) is 11.4. The van der Waals surface area contributed by atoms with Crippen molar-refractivity contribution in [3.05, 3.63) is 30.3 Å². The van der Waals surface area contributed by atoms with Crippen molar-refractivity contribution in [3.63, 3.8) is 0 Å². The van der Waals surface area contributed by atoms with Gasteiger partial charge in [0.2, 0.25) is 5.96 Å². The Morgan fingerprint density at radius 2 is 1.88 bits per heavy atom. The minimum absolute atomic E-state index is 0.342. The first kappa shape index (κ1) is 11.2. The molecular formula is C11H15ClN4. The highest BCUT2D eigenvalue weighted by molar-refractivity contribution is 6.36. The van der Waals surface area contributed by atoms with Crippen molar-refractivity contribution in [1.29, 1.82) is 5.41 Å². The van der Waals surface area contributed by atoms with E-state index in [1.165, 1.54) is 4.42 Å². The van der Waals surface area contributed by atoms with Gasteiger partial charge in [-0.1, -0.05) is 18.2 Å². The van der Waals surface area contributed by atoms with Crippen molar-refractivity contribution in [3.8, 4) is 0 Å². The highest BCUT2D eigenvalue weighted by Gasteiger charge is 2.18. The summed E-state index contributed by atoms with van der Waals surface area (Å²) < 4.78 is 1.39. The van der Waals surface area contributed by atoms with Crippen molar-refractivity contribution >= 4 is 23.4 Å². The number of halogens is 1. The van der Waals surface area contributed by atoms with Gasteiger partial charge in [-0.05, 0) is 12.1 Å². The van der Waals surface area contributed by atoms with Crippen molar-refractivity contribution in [2.75, 3.05) is 30.6 Å². The Bertz CT molecular complexity index is 348. The van der Waals surface area contributed by atoms with E-state index in [0.29, 0.717) is 5.96 Å². The van der Waals surface area contributed by atoms with Gasteiger partial charge in [-0.15, -0.1) is 0 Å². The highest BCUT2D eigenvalue weighted by Crippen LogP contribution is 2.17. The van der Waals surface area contributed by atoms with Crippen LogP contribution in [0.3, 0.4) is 0 Å². The van der Waals surface area contributed by atoms with E-state index in [9.17, 15) is 0 Å². The molecule has 1 fully saturated rings. The predicted molar refractivity (Wildman–Crippen MR) is 66.9 cm³/mol. The van der Waals surface area contributed by atoms with Crippen LogP contribution in [0.4, 0.5) is 5.69 Å². The van der Waals surface area contributed by atoms with Gasteiger partial charge in [-0.25, -0.2) is 4.42 Å². The summed E-state index contributed by atoms with van der Waals surface area (Å²) in [4.78, 5) is 1.97. The molecule has 2 N–H and O–H groups in total. The summed E-state index contributed by atoms with van der Waals surface area (Å²) in [6, 6.07) is 9.54. The lowest BCUT2D eigenvalue weighted by Gasteiger charge is -2.32. The standard InChI is InChI=1S/C11H15ClN4/c12-16(10-4-2-1-3-5-10)11(13)15-8-6-14-7-9-15/h1-5,13-14H,6-9H2. The van der Waals surface area contributed by atoms with Crippen LogP contribution >= 0.6 is 11.8 Å². The van der Waals surface area contributed by atoms with Gasteiger partial charge in [-0.3, -0.25) is 5.41 Å². The van der Waals surface area contributed by atoms with Gasteiger partial charge < -0.3 is 10.2 Å². The fourth-order valence-electron chi connectivity index (χ4n) is 1.68. The molecule has 1 aliphatic heterocycles. The molecule has 1 saturated heterocycles. The molecule has 16 heavy (non-hydrogen) atoms. The number of nitrogens with one attached hydrogen (secondary N) is 2. The van der Waals surface area contributed by atoms with Crippen molar-refractivity contribution in [2.24, 2.45) is 0 Å².